The Labute approximate surface area is 145 Å². The molecule has 124 valence electrons. The van der Waals surface area contributed by atoms with Crippen LogP contribution in [-0.2, 0) is 4.79 Å². The Hall–Kier alpha value is -2.59. The Balaban J connectivity index is 1.80. The van der Waals surface area contributed by atoms with Crippen LogP contribution in [0.2, 0.25) is 0 Å². The second-order valence-electron chi connectivity index (χ2n) is 5.81. The summed E-state index contributed by atoms with van der Waals surface area (Å²) in [6.07, 6.45) is 2.83. The van der Waals surface area contributed by atoms with Gasteiger partial charge in [-0.1, -0.05) is 0 Å². The molecule has 0 aliphatic carbocycles. The zero-order chi connectivity index (χ0) is 16.9. The van der Waals surface area contributed by atoms with E-state index in [0.717, 1.165) is 42.2 Å². The highest BCUT2D eigenvalue weighted by atomic mass is 32.1. The fourth-order valence-electron chi connectivity index (χ4n) is 2.67. The topological polar surface area (TPSA) is 89.8 Å². The summed E-state index contributed by atoms with van der Waals surface area (Å²) >= 11 is 1.35. The number of carbonyl (C=O) groups is 1. The van der Waals surface area contributed by atoms with E-state index in [9.17, 15) is 10.1 Å². The third-order valence-electron chi connectivity index (χ3n) is 3.90. The van der Waals surface area contributed by atoms with E-state index < -0.39 is 0 Å². The van der Waals surface area contributed by atoms with Crippen LogP contribution in [-0.4, -0.2) is 22.9 Å². The van der Waals surface area contributed by atoms with Gasteiger partial charge >= 0.3 is 0 Å². The summed E-state index contributed by atoms with van der Waals surface area (Å²) < 4.78 is 4.23. The first-order valence-electron chi connectivity index (χ1n) is 7.94. The molecule has 1 atom stereocenters. The Morgan fingerprint density at radius 2 is 2.25 bits per heavy atom. The van der Waals surface area contributed by atoms with E-state index in [1.807, 2.05) is 25.1 Å². The maximum atomic E-state index is 12.1. The lowest BCUT2D eigenvalue weighted by atomic mass is 10.1. The SMILES string of the molecule is Cc1cc(Nc2cc(N[C@@H]3CCCCNC3=O)ccc2C#N)sn1. The Morgan fingerprint density at radius 1 is 1.38 bits per heavy atom. The second kappa shape index (κ2) is 7.32. The number of nitriles is 1. The van der Waals surface area contributed by atoms with Gasteiger partial charge in [-0.15, -0.1) is 0 Å². The van der Waals surface area contributed by atoms with Gasteiger partial charge in [0.05, 0.1) is 16.9 Å². The number of nitrogens with one attached hydrogen (secondary N) is 3. The summed E-state index contributed by atoms with van der Waals surface area (Å²) in [4.78, 5) is 12.1. The summed E-state index contributed by atoms with van der Waals surface area (Å²) in [5.74, 6) is 0.0319. The van der Waals surface area contributed by atoms with Crippen LogP contribution in [0, 0.1) is 18.3 Å². The Kier molecular flexibility index (Phi) is 4.96. The molecule has 7 heteroatoms. The zero-order valence-corrected chi connectivity index (χ0v) is 14.2. The van der Waals surface area contributed by atoms with E-state index in [4.69, 9.17) is 0 Å². The molecule has 1 aromatic heterocycles. The molecule has 0 radical (unpaired) electrons. The van der Waals surface area contributed by atoms with Gasteiger partial charge in [0.15, 0.2) is 0 Å². The van der Waals surface area contributed by atoms with Crippen LogP contribution < -0.4 is 16.0 Å². The average molecular weight is 341 g/mol. The lowest BCUT2D eigenvalue weighted by Gasteiger charge is -2.17. The summed E-state index contributed by atoms with van der Waals surface area (Å²) in [7, 11) is 0. The molecule has 3 N–H and O–H groups in total. The summed E-state index contributed by atoms with van der Waals surface area (Å²) in [6, 6.07) is 9.34. The van der Waals surface area contributed by atoms with E-state index in [0.29, 0.717) is 11.3 Å². The molecular formula is C17H19N5OS. The highest BCUT2D eigenvalue weighted by molar-refractivity contribution is 7.10. The quantitative estimate of drug-likeness (QED) is 0.795. The van der Waals surface area contributed by atoms with Crippen molar-refractivity contribution in [3.05, 3.63) is 35.5 Å². The van der Waals surface area contributed by atoms with Crippen molar-refractivity contribution in [2.45, 2.75) is 32.2 Å². The molecule has 2 aromatic rings. The highest BCUT2D eigenvalue weighted by Crippen LogP contribution is 2.27. The van der Waals surface area contributed by atoms with Gasteiger partial charge in [0, 0.05) is 12.2 Å². The van der Waals surface area contributed by atoms with Crippen molar-refractivity contribution in [3.63, 3.8) is 0 Å². The van der Waals surface area contributed by atoms with Crippen LogP contribution in [0.1, 0.15) is 30.5 Å². The number of hydrogen-bond donors (Lipinski definition) is 3. The van der Waals surface area contributed by atoms with Crippen molar-refractivity contribution in [3.8, 4) is 6.07 Å². The van der Waals surface area contributed by atoms with E-state index in [1.54, 1.807) is 6.07 Å². The molecule has 1 aliphatic rings. The van der Waals surface area contributed by atoms with Gasteiger partial charge in [0.25, 0.3) is 0 Å². The van der Waals surface area contributed by atoms with E-state index in [-0.39, 0.29) is 11.9 Å². The lowest BCUT2D eigenvalue weighted by molar-refractivity contribution is -0.121. The van der Waals surface area contributed by atoms with E-state index in [1.165, 1.54) is 11.5 Å². The highest BCUT2D eigenvalue weighted by Gasteiger charge is 2.20. The second-order valence-corrected chi connectivity index (χ2v) is 6.62. The summed E-state index contributed by atoms with van der Waals surface area (Å²) in [6.45, 7) is 2.66. The van der Waals surface area contributed by atoms with Gasteiger partial charge in [-0.3, -0.25) is 4.79 Å². The minimum atomic E-state index is -0.237. The van der Waals surface area contributed by atoms with E-state index >= 15 is 0 Å². The fourth-order valence-corrected chi connectivity index (χ4v) is 3.34. The maximum Gasteiger partial charge on any atom is 0.242 e. The van der Waals surface area contributed by atoms with Crippen LogP contribution in [0.5, 0.6) is 0 Å². The molecule has 1 aromatic carbocycles. The van der Waals surface area contributed by atoms with Crippen molar-refractivity contribution >= 4 is 33.8 Å². The standard InChI is InChI=1S/C17H19N5OS/c1-11-8-16(24-22-11)21-15-9-13(6-5-12(15)10-18)20-14-4-2-3-7-19-17(14)23/h5-6,8-9,14,20-21H,2-4,7H2,1H3,(H,19,23)/t14-/m1/s1. The van der Waals surface area contributed by atoms with Crippen molar-refractivity contribution in [2.75, 3.05) is 17.2 Å². The normalized spacial score (nSPS) is 17.5. The fraction of sp³-hybridized carbons (Fsp3) is 0.353. The minimum absolute atomic E-state index is 0.0319. The number of carbonyl (C=O) groups excluding carboxylic acids is 1. The smallest absolute Gasteiger partial charge is 0.242 e. The predicted octanol–water partition coefficient (Wildman–Crippen LogP) is 3.15. The van der Waals surface area contributed by atoms with Gasteiger partial charge in [-0.25, -0.2) is 0 Å². The average Bonchev–Trinajstić information content (AvgIpc) is 2.87. The van der Waals surface area contributed by atoms with Crippen LogP contribution >= 0.6 is 11.5 Å². The number of benzene rings is 1. The molecule has 3 rings (SSSR count). The van der Waals surface area contributed by atoms with Gasteiger partial charge in [0.1, 0.15) is 17.1 Å². The Bertz CT molecular complexity index is 780. The monoisotopic (exact) mass is 341 g/mol. The van der Waals surface area contributed by atoms with Crippen molar-refractivity contribution < 1.29 is 4.79 Å². The first-order valence-corrected chi connectivity index (χ1v) is 8.72. The number of rotatable bonds is 4. The van der Waals surface area contributed by atoms with Crippen LogP contribution in [0.3, 0.4) is 0 Å². The molecular weight excluding hydrogens is 322 g/mol. The Morgan fingerprint density at radius 3 is 3.00 bits per heavy atom. The van der Waals surface area contributed by atoms with Gasteiger partial charge in [-0.05, 0) is 62.0 Å². The number of aryl methyl sites for hydroxylation is 1. The first-order chi connectivity index (χ1) is 11.7. The first kappa shape index (κ1) is 16.3. The van der Waals surface area contributed by atoms with Crippen molar-refractivity contribution in [2.24, 2.45) is 0 Å². The molecule has 1 fully saturated rings. The summed E-state index contributed by atoms with van der Waals surface area (Å²) in [5.41, 5.74) is 3.02. The zero-order valence-electron chi connectivity index (χ0n) is 13.4. The van der Waals surface area contributed by atoms with Crippen LogP contribution in [0.25, 0.3) is 0 Å². The maximum absolute atomic E-state index is 12.1. The molecule has 0 spiro atoms. The molecule has 24 heavy (non-hydrogen) atoms. The molecule has 2 heterocycles. The predicted molar refractivity (Wildman–Crippen MR) is 95.6 cm³/mol. The third kappa shape index (κ3) is 3.84. The summed E-state index contributed by atoms with van der Waals surface area (Å²) in [5, 5.41) is 19.6. The molecule has 1 saturated heterocycles. The number of nitrogens with zero attached hydrogens (tertiary/aromatic N) is 2. The van der Waals surface area contributed by atoms with Crippen LogP contribution in [0.15, 0.2) is 24.3 Å². The number of anilines is 3. The number of aromatic nitrogens is 1. The van der Waals surface area contributed by atoms with E-state index in [2.05, 4.69) is 26.4 Å². The van der Waals surface area contributed by atoms with Gasteiger partial charge in [0.2, 0.25) is 5.91 Å². The largest absolute Gasteiger partial charge is 0.374 e. The van der Waals surface area contributed by atoms with Crippen molar-refractivity contribution in [1.82, 2.24) is 9.69 Å². The number of amides is 1. The lowest BCUT2D eigenvalue weighted by Crippen LogP contribution is -2.37. The molecule has 0 bridgehead atoms. The third-order valence-corrected chi connectivity index (χ3v) is 4.70. The minimum Gasteiger partial charge on any atom is -0.374 e. The molecule has 1 aliphatic heterocycles. The van der Waals surface area contributed by atoms with Gasteiger partial charge < -0.3 is 16.0 Å². The van der Waals surface area contributed by atoms with Gasteiger partial charge in [-0.2, -0.15) is 9.64 Å². The molecule has 6 nitrogen and oxygen atoms in total. The molecule has 0 unspecified atom stereocenters. The van der Waals surface area contributed by atoms with Crippen LogP contribution in [0.4, 0.5) is 16.4 Å². The molecule has 1 amide bonds. The number of hydrogen-bond acceptors (Lipinski definition) is 6. The molecule has 0 saturated carbocycles. The van der Waals surface area contributed by atoms with Crippen molar-refractivity contribution in [1.29, 1.82) is 5.26 Å².